The number of amides is 1. The van der Waals surface area contributed by atoms with Crippen LogP contribution in [0.25, 0.3) is 6.08 Å². The first-order chi connectivity index (χ1) is 12.9. The van der Waals surface area contributed by atoms with Crippen molar-refractivity contribution in [2.45, 2.75) is 0 Å². The van der Waals surface area contributed by atoms with Crippen molar-refractivity contribution in [3.8, 4) is 5.75 Å². The molecule has 2 aromatic carbocycles. The predicted molar refractivity (Wildman–Crippen MR) is 110 cm³/mol. The van der Waals surface area contributed by atoms with Crippen LogP contribution in [0, 0.1) is 0 Å². The second-order valence-electron chi connectivity index (χ2n) is 5.32. The fraction of sp³-hybridized carbons (Fsp3) is 0.0556. The second-order valence-corrected chi connectivity index (χ2v) is 7.71. The zero-order valence-electron chi connectivity index (χ0n) is 13.6. The summed E-state index contributed by atoms with van der Waals surface area (Å²) in [5.74, 6) is -1.01. The first-order valence-electron chi connectivity index (χ1n) is 7.60. The third-order valence-electron chi connectivity index (χ3n) is 3.32. The van der Waals surface area contributed by atoms with E-state index in [1.165, 1.54) is 11.8 Å². The van der Waals surface area contributed by atoms with Gasteiger partial charge in [-0.25, -0.2) is 9.79 Å². The van der Waals surface area contributed by atoms with E-state index in [0.29, 0.717) is 32.1 Å². The van der Waals surface area contributed by atoms with E-state index in [9.17, 15) is 9.59 Å². The second kappa shape index (κ2) is 8.60. The predicted octanol–water partition coefficient (Wildman–Crippen LogP) is 4.46. The number of hydrogen-bond donors (Lipinski definition) is 2. The van der Waals surface area contributed by atoms with E-state index in [1.807, 2.05) is 0 Å². The lowest BCUT2D eigenvalue weighted by Gasteiger charge is -2.08. The molecule has 138 valence electrons. The Morgan fingerprint density at radius 1 is 1.30 bits per heavy atom. The van der Waals surface area contributed by atoms with Gasteiger partial charge in [0.15, 0.2) is 11.8 Å². The number of aliphatic imine (C=N–C) groups is 1. The van der Waals surface area contributed by atoms with E-state index >= 15 is 0 Å². The summed E-state index contributed by atoms with van der Waals surface area (Å²) in [6.45, 7) is -0.472. The summed E-state index contributed by atoms with van der Waals surface area (Å²) in [6.07, 6.45) is 1.63. The quantitative estimate of drug-likeness (QED) is 0.634. The van der Waals surface area contributed by atoms with Crippen molar-refractivity contribution in [1.82, 2.24) is 5.32 Å². The highest BCUT2D eigenvalue weighted by Crippen LogP contribution is 2.32. The summed E-state index contributed by atoms with van der Waals surface area (Å²) in [4.78, 5) is 27.8. The Kier molecular flexibility index (Phi) is 6.20. The Morgan fingerprint density at radius 3 is 2.74 bits per heavy atom. The van der Waals surface area contributed by atoms with E-state index in [2.05, 4.69) is 26.2 Å². The number of benzene rings is 2. The monoisotopic (exact) mass is 466 g/mol. The van der Waals surface area contributed by atoms with Crippen molar-refractivity contribution in [1.29, 1.82) is 0 Å². The Bertz CT molecular complexity index is 960. The van der Waals surface area contributed by atoms with Crippen molar-refractivity contribution >= 4 is 68.1 Å². The maximum absolute atomic E-state index is 12.2. The topological polar surface area (TPSA) is 88.0 Å². The first-order valence-corrected chi connectivity index (χ1v) is 9.59. The van der Waals surface area contributed by atoms with Crippen molar-refractivity contribution in [2.24, 2.45) is 4.99 Å². The summed E-state index contributed by atoms with van der Waals surface area (Å²) in [7, 11) is 0. The Balaban J connectivity index is 1.85. The van der Waals surface area contributed by atoms with Gasteiger partial charge < -0.3 is 15.2 Å². The van der Waals surface area contributed by atoms with Crippen LogP contribution in [0.1, 0.15) is 5.56 Å². The third-order valence-corrected chi connectivity index (χ3v) is 4.97. The van der Waals surface area contributed by atoms with Crippen LogP contribution in [-0.4, -0.2) is 28.8 Å². The molecule has 0 saturated carbocycles. The van der Waals surface area contributed by atoms with Gasteiger partial charge in [0, 0.05) is 15.1 Å². The largest absolute Gasteiger partial charge is 0.481 e. The zero-order valence-corrected chi connectivity index (χ0v) is 16.8. The van der Waals surface area contributed by atoms with Crippen LogP contribution in [0.15, 0.2) is 56.8 Å². The molecule has 0 aliphatic carbocycles. The summed E-state index contributed by atoms with van der Waals surface area (Å²) >= 11 is 10.4. The molecule has 0 spiro atoms. The first kappa shape index (κ1) is 19.5. The molecule has 1 amide bonds. The van der Waals surface area contributed by atoms with Crippen molar-refractivity contribution < 1.29 is 19.4 Å². The number of thioether (sulfide) groups is 1. The van der Waals surface area contributed by atoms with E-state index in [-0.39, 0.29) is 5.91 Å². The van der Waals surface area contributed by atoms with Gasteiger partial charge in [-0.2, -0.15) is 0 Å². The minimum Gasteiger partial charge on any atom is -0.481 e. The maximum Gasteiger partial charge on any atom is 0.341 e. The highest BCUT2D eigenvalue weighted by Gasteiger charge is 2.24. The minimum absolute atomic E-state index is 0.295. The number of ether oxygens (including phenoxy) is 1. The van der Waals surface area contributed by atoms with Crippen LogP contribution in [0.4, 0.5) is 5.69 Å². The van der Waals surface area contributed by atoms with E-state index in [1.54, 1.807) is 48.5 Å². The minimum atomic E-state index is -1.08. The summed E-state index contributed by atoms with van der Waals surface area (Å²) < 4.78 is 6.06. The fourth-order valence-electron chi connectivity index (χ4n) is 2.16. The lowest BCUT2D eigenvalue weighted by atomic mass is 10.2. The van der Waals surface area contributed by atoms with Gasteiger partial charge in [0.25, 0.3) is 5.91 Å². The van der Waals surface area contributed by atoms with Crippen LogP contribution < -0.4 is 10.1 Å². The van der Waals surface area contributed by atoms with E-state index in [4.69, 9.17) is 21.4 Å². The number of carbonyl (C=O) groups excluding carboxylic acids is 1. The highest BCUT2D eigenvalue weighted by atomic mass is 79.9. The molecule has 9 heteroatoms. The molecule has 1 aliphatic heterocycles. The molecule has 1 saturated heterocycles. The van der Waals surface area contributed by atoms with Crippen molar-refractivity contribution in [3.63, 3.8) is 0 Å². The van der Waals surface area contributed by atoms with E-state index < -0.39 is 12.6 Å². The molecule has 0 aromatic heterocycles. The number of carboxylic acid groups (broad SMARTS) is 1. The molecular weight excluding hydrogens is 456 g/mol. The number of rotatable bonds is 5. The number of carbonyl (C=O) groups is 2. The fourth-order valence-corrected chi connectivity index (χ4v) is 3.50. The van der Waals surface area contributed by atoms with Gasteiger partial charge in [0.05, 0.1) is 10.6 Å². The van der Waals surface area contributed by atoms with Crippen LogP contribution in [-0.2, 0) is 9.59 Å². The molecule has 1 heterocycles. The van der Waals surface area contributed by atoms with E-state index in [0.717, 1.165) is 4.47 Å². The molecule has 0 atom stereocenters. The lowest BCUT2D eigenvalue weighted by Crippen LogP contribution is -2.19. The number of halogens is 2. The van der Waals surface area contributed by atoms with Crippen LogP contribution in [0.3, 0.4) is 0 Å². The average molecular weight is 468 g/mol. The summed E-state index contributed by atoms with van der Waals surface area (Å²) in [5, 5.41) is 12.5. The number of nitrogens with zero attached hydrogens (tertiary/aromatic N) is 1. The third kappa shape index (κ3) is 5.35. The smallest absolute Gasteiger partial charge is 0.341 e. The van der Waals surface area contributed by atoms with Crippen molar-refractivity contribution in [2.75, 3.05) is 6.61 Å². The number of hydrogen-bond acceptors (Lipinski definition) is 5. The number of nitrogens with one attached hydrogen (secondary N) is 1. The van der Waals surface area contributed by atoms with Crippen LogP contribution >= 0.6 is 39.3 Å². The average Bonchev–Trinajstić information content (AvgIpc) is 2.95. The number of amidine groups is 1. The molecule has 6 nitrogen and oxygen atoms in total. The molecule has 0 radical (unpaired) electrons. The Labute approximate surface area is 172 Å². The van der Waals surface area contributed by atoms with Gasteiger partial charge in [0.1, 0.15) is 5.75 Å². The molecule has 1 aliphatic rings. The molecule has 0 unspecified atom stereocenters. The van der Waals surface area contributed by atoms with Gasteiger partial charge in [-0.15, -0.1) is 0 Å². The van der Waals surface area contributed by atoms with Crippen molar-refractivity contribution in [3.05, 3.63) is 62.4 Å². The number of carboxylic acids is 1. The van der Waals surface area contributed by atoms with Gasteiger partial charge >= 0.3 is 5.97 Å². The van der Waals surface area contributed by atoms with Crippen LogP contribution in [0.5, 0.6) is 5.75 Å². The molecule has 1 fully saturated rings. The molecule has 2 aromatic rings. The molecule has 0 bridgehead atoms. The highest BCUT2D eigenvalue weighted by molar-refractivity contribution is 9.10. The van der Waals surface area contributed by atoms with Gasteiger partial charge in [-0.1, -0.05) is 27.5 Å². The summed E-state index contributed by atoms with van der Waals surface area (Å²) in [6, 6.07) is 12.0. The Morgan fingerprint density at radius 2 is 2.04 bits per heavy atom. The molecular formula is C18H12BrClN2O4S. The van der Waals surface area contributed by atoms with Gasteiger partial charge in [-0.3, -0.25) is 4.79 Å². The summed E-state index contributed by atoms with van der Waals surface area (Å²) in [5.41, 5.74) is 1.24. The maximum atomic E-state index is 12.2. The normalized spacial score (nSPS) is 16.6. The zero-order chi connectivity index (χ0) is 19.4. The van der Waals surface area contributed by atoms with Crippen LogP contribution in [0.2, 0.25) is 5.02 Å². The standard InChI is InChI=1S/C18H12BrClN2O4S/c19-11-1-6-14(26-9-16(23)24)10(7-11)8-15-17(25)22-18(27-15)21-13-4-2-12(20)3-5-13/h1-8H,9H2,(H,23,24)(H,21,22,25). The molecule has 27 heavy (non-hydrogen) atoms. The molecule has 3 rings (SSSR count). The van der Waals surface area contributed by atoms with Gasteiger partial charge in [0.2, 0.25) is 0 Å². The number of aliphatic carboxylic acids is 1. The van der Waals surface area contributed by atoms with Gasteiger partial charge in [-0.05, 0) is 60.3 Å². The SMILES string of the molecule is O=C(O)COc1ccc(Br)cc1C=C1SC(=Nc2ccc(Cl)cc2)NC1=O. The lowest BCUT2D eigenvalue weighted by molar-refractivity contribution is -0.139. The Hall–Kier alpha value is -2.29. The molecule has 2 N–H and O–H groups in total.